The summed E-state index contributed by atoms with van der Waals surface area (Å²) in [5.41, 5.74) is 9.63. The van der Waals surface area contributed by atoms with Crippen molar-refractivity contribution in [1.82, 2.24) is 0 Å². The van der Waals surface area contributed by atoms with Crippen LogP contribution in [-0.2, 0) is 16.0 Å². The molecule has 0 aliphatic carbocycles. The molecule has 0 spiro atoms. The average Bonchev–Trinajstić information content (AvgIpc) is 2.47. The predicted octanol–water partition coefficient (Wildman–Crippen LogP) is 2.77. The van der Waals surface area contributed by atoms with E-state index in [2.05, 4.69) is 17.6 Å². The number of benzene rings is 1. The van der Waals surface area contributed by atoms with Crippen molar-refractivity contribution in [2.75, 3.05) is 36.1 Å². The van der Waals surface area contributed by atoms with Crippen molar-refractivity contribution in [3.63, 3.8) is 0 Å². The molecule has 0 unspecified atom stereocenters. The van der Waals surface area contributed by atoms with E-state index >= 15 is 0 Å². The Bertz CT molecular complexity index is 489. The summed E-state index contributed by atoms with van der Waals surface area (Å²) < 4.78 is 5.53. The van der Waals surface area contributed by atoms with Gasteiger partial charge in [-0.05, 0) is 37.0 Å². The second-order valence-corrected chi connectivity index (χ2v) is 5.39. The molecule has 1 amide bonds. The second-order valence-electron chi connectivity index (χ2n) is 5.39. The Balaban J connectivity index is 1.80. The van der Waals surface area contributed by atoms with Gasteiger partial charge in [-0.25, -0.2) is 0 Å². The molecule has 0 atom stereocenters. The molecule has 1 aromatic carbocycles. The lowest BCUT2D eigenvalue weighted by Crippen LogP contribution is -2.19. The first-order chi connectivity index (χ1) is 10.2. The summed E-state index contributed by atoms with van der Waals surface area (Å²) in [6, 6.07) is 3.88. The molecule has 0 bridgehead atoms. The molecule has 1 aliphatic heterocycles. The van der Waals surface area contributed by atoms with Crippen LogP contribution in [0.25, 0.3) is 0 Å². The lowest BCUT2D eigenvalue weighted by Gasteiger charge is -2.19. The van der Waals surface area contributed by atoms with Crippen LogP contribution >= 0.6 is 0 Å². The van der Waals surface area contributed by atoms with E-state index in [1.165, 1.54) is 6.42 Å². The number of hydrogen-bond donors (Lipinski definition) is 3. The Kier molecular flexibility index (Phi) is 5.87. The van der Waals surface area contributed by atoms with Crippen molar-refractivity contribution in [2.45, 2.75) is 39.0 Å². The fraction of sp³-hybridized carbons (Fsp3) is 0.562. The molecule has 21 heavy (non-hydrogen) atoms. The number of nitrogens with one attached hydrogen (secondary N) is 2. The number of anilines is 3. The van der Waals surface area contributed by atoms with E-state index < -0.39 is 0 Å². The summed E-state index contributed by atoms with van der Waals surface area (Å²) in [6.07, 6.45) is 4.56. The number of rotatable bonds is 8. The van der Waals surface area contributed by atoms with Gasteiger partial charge < -0.3 is 21.1 Å². The molecule has 116 valence electrons. The first-order valence-electron chi connectivity index (χ1n) is 7.74. The van der Waals surface area contributed by atoms with Crippen LogP contribution in [-0.4, -0.2) is 25.7 Å². The molecule has 1 heterocycles. The summed E-state index contributed by atoms with van der Waals surface area (Å²) in [5.74, 6) is 0.0619. The fourth-order valence-corrected chi connectivity index (χ4v) is 2.34. The molecule has 2 rings (SSSR count). The Hall–Kier alpha value is -1.75. The summed E-state index contributed by atoms with van der Waals surface area (Å²) >= 11 is 0. The van der Waals surface area contributed by atoms with Crippen LogP contribution in [0.15, 0.2) is 12.1 Å². The highest BCUT2D eigenvalue weighted by molar-refractivity contribution is 5.95. The monoisotopic (exact) mass is 291 g/mol. The van der Waals surface area contributed by atoms with Crippen molar-refractivity contribution < 1.29 is 9.53 Å². The minimum absolute atomic E-state index is 0.0619. The molecule has 0 fully saturated rings. The summed E-state index contributed by atoms with van der Waals surface area (Å²) in [5, 5.41) is 6.20. The number of nitrogen functional groups attached to an aromatic ring is 1. The van der Waals surface area contributed by atoms with Crippen molar-refractivity contribution >= 4 is 23.0 Å². The van der Waals surface area contributed by atoms with E-state index in [1.54, 1.807) is 0 Å². The molecule has 4 N–H and O–H groups in total. The molecule has 1 aromatic rings. The van der Waals surface area contributed by atoms with Crippen LogP contribution in [0.5, 0.6) is 0 Å². The second kappa shape index (κ2) is 7.88. The molecule has 0 saturated carbocycles. The van der Waals surface area contributed by atoms with Crippen molar-refractivity contribution in [2.24, 2.45) is 0 Å². The zero-order chi connectivity index (χ0) is 15.1. The van der Waals surface area contributed by atoms with Gasteiger partial charge >= 0.3 is 0 Å². The van der Waals surface area contributed by atoms with Gasteiger partial charge in [0, 0.05) is 31.9 Å². The van der Waals surface area contributed by atoms with Crippen LogP contribution < -0.4 is 16.4 Å². The lowest BCUT2D eigenvalue weighted by atomic mass is 10.0. The molecule has 5 heteroatoms. The van der Waals surface area contributed by atoms with Gasteiger partial charge in [0.2, 0.25) is 5.91 Å². The molecule has 0 radical (unpaired) electrons. The zero-order valence-corrected chi connectivity index (χ0v) is 12.7. The van der Waals surface area contributed by atoms with E-state index in [-0.39, 0.29) is 5.91 Å². The number of amides is 1. The number of fused-ring (bicyclic) bond motifs is 1. The largest absolute Gasteiger partial charge is 0.397 e. The summed E-state index contributed by atoms with van der Waals surface area (Å²) in [7, 11) is 0. The number of carbonyl (C=O) groups is 1. The van der Waals surface area contributed by atoms with Gasteiger partial charge in [-0.3, -0.25) is 4.79 Å². The lowest BCUT2D eigenvalue weighted by molar-refractivity contribution is -0.116. The van der Waals surface area contributed by atoms with Gasteiger partial charge in [-0.2, -0.15) is 0 Å². The molecular weight excluding hydrogens is 266 g/mol. The maximum atomic E-state index is 11.4. The van der Waals surface area contributed by atoms with Crippen LogP contribution in [0.3, 0.4) is 0 Å². The van der Waals surface area contributed by atoms with E-state index in [4.69, 9.17) is 10.5 Å². The SMILES string of the molecule is CCCCOCCCNc1cc2c(cc1N)NC(=O)CC2. The molecular formula is C16H25N3O2. The quantitative estimate of drug-likeness (QED) is 0.508. The molecule has 0 saturated heterocycles. The minimum Gasteiger partial charge on any atom is -0.397 e. The van der Waals surface area contributed by atoms with Crippen LogP contribution in [0, 0.1) is 0 Å². The Morgan fingerprint density at radius 3 is 2.90 bits per heavy atom. The van der Waals surface area contributed by atoms with Crippen LogP contribution in [0.4, 0.5) is 17.1 Å². The number of hydrogen-bond acceptors (Lipinski definition) is 4. The van der Waals surface area contributed by atoms with Crippen LogP contribution in [0.2, 0.25) is 0 Å². The van der Waals surface area contributed by atoms with Crippen LogP contribution in [0.1, 0.15) is 38.2 Å². The normalized spacial score (nSPS) is 13.7. The topological polar surface area (TPSA) is 76.4 Å². The number of nitrogens with two attached hydrogens (primary N) is 1. The maximum absolute atomic E-state index is 11.4. The number of unbranched alkanes of at least 4 members (excludes halogenated alkanes) is 1. The van der Waals surface area contributed by atoms with Gasteiger partial charge in [0.05, 0.1) is 11.4 Å². The zero-order valence-electron chi connectivity index (χ0n) is 12.7. The van der Waals surface area contributed by atoms with Crippen molar-refractivity contribution in [3.05, 3.63) is 17.7 Å². The summed E-state index contributed by atoms with van der Waals surface area (Å²) in [4.78, 5) is 11.4. The fourth-order valence-electron chi connectivity index (χ4n) is 2.34. The van der Waals surface area contributed by atoms with Crippen molar-refractivity contribution in [1.29, 1.82) is 0 Å². The molecule has 1 aliphatic rings. The van der Waals surface area contributed by atoms with Gasteiger partial charge in [-0.15, -0.1) is 0 Å². The Morgan fingerprint density at radius 1 is 1.29 bits per heavy atom. The van der Waals surface area contributed by atoms with E-state index in [0.717, 1.165) is 56.0 Å². The average molecular weight is 291 g/mol. The third-order valence-corrected chi connectivity index (χ3v) is 3.59. The third-order valence-electron chi connectivity index (χ3n) is 3.59. The van der Waals surface area contributed by atoms with E-state index in [9.17, 15) is 4.79 Å². The molecule has 0 aromatic heterocycles. The highest BCUT2D eigenvalue weighted by atomic mass is 16.5. The van der Waals surface area contributed by atoms with Gasteiger partial charge in [0.15, 0.2) is 0 Å². The van der Waals surface area contributed by atoms with E-state index in [1.807, 2.05) is 12.1 Å². The summed E-state index contributed by atoms with van der Waals surface area (Å²) in [6.45, 7) is 4.61. The first-order valence-corrected chi connectivity index (χ1v) is 7.74. The molecule has 5 nitrogen and oxygen atoms in total. The predicted molar refractivity (Wildman–Crippen MR) is 86.6 cm³/mol. The minimum atomic E-state index is 0.0619. The highest BCUT2D eigenvalue weighted by Crippen LogP contribution is 2.30. The van der Waals surface area contributed by atoms with Gasteiger partial charge in [-0.1, -0.05) is 13.3 Å². The number of ether oxygens (including phenoxy) is 1. The third kappa shape index (κ3) is 4.63. The number of carbonyl (C=O) groups excluding carboxylic acids is 1. The van der Waals surface area contributed by atoms with Gasteiger partial charge in [0.1, 0.15) is 0 Å². The highest BCUT2D eigenvalue weighted by Gasteiger charge is 2.16. The Morgan fingerprint density at radius 2 is 2.10 bits per heavy atom. The maximum Gasteiger partial charge on any atom is 0.224 e. The first kappa shape index (κ1) is 15.6. The smallest absolute Gasteiger partial charge is 0.224 e. The number of aryl methyl sites for hydroxylation is 1. The van der Waals surface area contributed by atoms with Crippen molar-refractivity contribution in [3.8, 4) is 0 Å². The van der Waals surface area contributed by atoms with Gasteiger partial charge in [0.25, 0.3) is 0 Å². The Labute approximate surface area is 126 Å². The van der Waals surface area contributed by atoms with E-state index in [0.29, 0.717) is 12.1 Å². The standard InChI is InChI=1S/C16H25N3O2/c1-2-3-8-21-9-4-7-18-15-10-12-5-6-16(20)19-14(12)11-13(15)17/h10-11,18H,2-9,17H2,1H3,(H,19,20).